The van der Waals surface area contributed by atoms with Gasteiger partial charge in [-0.15, -0.1) is 0 Å². The van der Waals surface area contributed by atoms with E-state index in [0.29, 0.717) is 6.04 Å². The minimum Gasteiger partial charge on any atom is -0.305 e. The summed E-state index contributed by atoms with van der Waals surface area (Å²) in [5, 5.41) is 3.51. The molecule has 1 heterocycles. The van der Waals surface area contributed by atoms with Crippen LogP contribution in [0.3, 0.4) is 0 Å². The second-order valence-corrected chi connectivity index (χ2v) is 4.79. The molecule has 0 aliphatic rings. The molecule has 0 fully saturated rings. The fraction of sp³-hybridized carbons (Fsp3) is 0.312. The maximum Gasteiger partial charge on any atom is 0.0545 e. The van der Waals surface area contributed by atoms with Gasteiger partial charge in [0.1, 0.15) is 0 Å². The number of rotatable bonds is 4. The summed E-state index contributed by atoms with van der Waals surface area (Å²) in [7, 11) is 0. The van der Waals surface area contributed by atoms with Gasteiger partial charge in [0, 0.05) is 18.3 Å². The Bertz CT molecular complexity index is 520. The summed E-state index contributed by atoms with van der Waals surface area (Å²) in [6.45, 7) is 7.13. The Morgan fingerprint density at radius 1 is 1.11 bits per heavy atom. The molecule has 2 nitrogen and oxygen atoms in total. The Morgan fingerprint density at radius 2 is 1.89 bits per heavy atom. The molecule has 0 aliphatic carbocycles. The van der Waals surface area contributed by atoms with Crippen molar-refractivity contribution in [1.29, 1.82) is 0 Å². The molecule has 18 heavy (non-hydrogen) atoms. The average molecular weight is 240 g/mol. The van der Waals surface area contributed by atoms with Gasteiger partial charge in [0.05, 0.1) is 5.69 Å². The van der Waals surface area contributed by atoms with Crippen LogP contribution in [-0.4, -0.2) is 4.98 Å². The quantitative estimate of drug-likeness (QED) is 0.884. The normalized spacial score (nSPS) is 12.4. The SMILES string of the molecule is Cc1cccc(C(C)NCc2cccc(C)n2)c1. The van der Waals surface area contributed by atoms with E-state index in [1.54, 1.807) is 0 Å². The van der Waals surface area contributed by atoms with Gasteiger partial charge in [-0.05, 0) is 38.5 Å². The van der Waals surface area contributed by atoms with Crippen LogP contribution in [-0.2, 0) is 6.54 Å². The van der Waals surface area contributed by atoms with Crippen molar-refractivity contribution in [3.63, 3.8) is 0 Å². The highest BCUT2D eigenvalue weighted by Crippen LogP contribution is 2.14. The molecule has 2 aromatic rings. The van der Waals surface area contributed by atoms with Gasteiger partial charge in [0.2, 0.25) is 0 Å². The van der Waals surface area contributed by atoms with Gasteiger partial charge in [-0.25, -0.2) is 0 Å². The van der Waals surface area contributed by atoms with Crippen molar-refractivity contribution in [2.24, 2.45) is 0 Å². The van der Waals surface area contributed by atoms with Crippen LogP contribution in [0.5, 0.6) is 0 Å². The second-order valence-electron chi connectivity index (χ2n) is 4.79. The number of nitrogens with one attached hydrogen (secondary N) is 1. The van der Waals surface area contributed by atoms with Gasteiger partial charge in [-0.3, -0.25) is 4.98 Å². The molecule has 0 saturated heterocycles. The number of benzene rings is 1. The predicted octanol–water partition coefficient (Wildman–Crippen LogP) is 3.55. The highest BCUT2D eigenvalue weighted by molar-refractivity contribution is 5.24. The number of aryl methyl sites for hydroxylation is 2. The van der Waals surface area contributed by atoms with Gasteiger partial charge < -0.3 is 5.32 Å². The monoisotopic (exact) mass is 240 g/mol. The lowest BCUT2D eigenvalue weighted by molar-refractivity contribution is 0.567. The van der Waals surface area contributed by atoms with Crippen LogP contribution in [0.4, 0.5) is 0 Å². The van der Waals surface area contributed by atoms with E-state index in [9.17, 15) is 0 Å². The predicted molar refractivity (Wildman–Crippen MR) is 75.4 cm³/mol. The first-order chi connectivity index (χ1) is 8.65. The number of nitrogens with zero attached hydrogens (tertiary/aromatic N) is 1. The molecule has 2 heteroatoms. The Labute approximate surface area is 109 Å². The van der Waals surface area contributed by atoms with E-state index in [1.165, 1.54) is 11.1 Å². The fourth-order valence-electron chi connectivity index (χ4n) is 2.01. The lowest BCUT2D eigenvalue weighted by atomic mass is 10.1. The maximum absolute atomic E-state index is 4.49. The average Bonchev–Trinajstić information content (AvgIpc) is 2.36. The van der Waals surface area contributed by atoms with Gasteiger partial charge in [0.15, 0.2) is 0 Å². The molecule has 1 aromatic carbocycles. The number of hydrogen-bond donors (Lipinski definition) is 1. The van der Waals surface area contributed by atoms with Crippen molar-refractivity contribution < 1.29 is 0 Å². The Hall–Kier alpha value is -1.67. The molecule has 94 valence electrons. The standard InChI is InChI=1S/C16H20N2/c1-12-6-4-8-15(10-12)14(3)17-11-16-9-5-7-13(2)18-16/h4-10,14,17H,11H2,1-3H3. The zero-order chi connectivity index (χ0) is 13.0. The van der Waals surface area contributed by atoms with Gasteiger partial charge in [-0.1, -0.05) is 35.9 Å². The van der Waals surface area contributed by atoms with E-state index >= 15 is 0 Å². The smallest absolute Gasteiger partial charge is 0.0545 e. The van der Waals surface area contributed by atoms with Crippen LogP contribution in [0.25, 0.3) is 0 Å². The van der Waals surface area contributed by atoms with Crippen molar-refractivity contribution in [3.05, 3.63) is 65.0 Å². The van der Waals surface area contributed by atoms with E-state index in [-0.39, 0.29) is 0 Å². The molecule has 1 aromatic heterocycles. The molecule has 0 radical (unpaired) electrons. The first kappa shape index (κ1) is 12.8. The molecule has 0 spiro atoms. The molecule has 1 unspecified atom stereocenters. The fourth-order valence-corrected chi connectivity index (χ4v) is 2.01. The Balaban J connectivity index is 1.98. The van der Waals surface area contributed by atoms with Gasteiger partial charge >= 0.3 is 0 Å². The molecule has 1 atom stereocenters. The highest BCUT2D eigenvalue weighted by atomic mass is 14.9. The van der Waals surface area contributed by atoms with E-state index < -0.39 is 0 Å². The third kappa shape index (κ3) is 3.41. The van der Waals surface area contributed by atoms with Crippen LogP contribution in [0.1, 0.15) is 35.5 Å². The highest BCUT2D eigenvalue weighted by Gasteiger charge is 2.05. The summed E-state index contributed by atoms with van der Waals surface area (Å²) < 4.78 is 0. The van der Waals surface area contributed by atoms with Crippen LogP contribution >= 0.6 is 0 Å². The van der Waals surface area contributed by atoms with Crippen LogP contribution in [0.15, 0.2) is 42.5 Å². The maximum atomic E-state index is 4.49. The molecule has 2 rings (SSSR count). The lowest BCUT2D eigenvalue weighted by Gasteiger charge is -2.14. The third-order valence-electron chi connectivity index (χ3n) is 3.08. The molecular formula is C16H20N2. The summed E-state index contributed by atoms with van der Waals surface area (Å²) in [5.41, 5.74) is 4.78. The van der Waals surface area contributed by atoms with Crippen molar-refractivity contribution in [3.8, 4) is 0 Å². The van der Waals surface area contributed by atoms with Crippen molar-refractivity contribution >= 4 is 0 Å². The number of aromatic nitrogens is 1. The summed E-state index contributed by atoms with van der Waals surface area (Å²) in [4.78, 5) is 4.49. The first-order valence-corrected chi connectivity index (χ1v) is 6.37. The molecule has 0 aliphatic heterocycles. The Kier molecular flexibility index (Phi) is 4.11. The van der Waals surface area contributed by atoms with E-state index in [2.05, 4.69) is 60.5 Å². The van der Waals surface area contributed by atoms with Gasteiger partial charge in [0.25, 0.3) is 0 Å². The first-order valence-electron chi connectivity index (χ1n) is 6.37. The Morgan fingerprint density at radius 3 is 2.61 bits per heavy atom. The summed E-state index contributed by atoms with van der Waals surface area (Å²) in [6, 6.07) is 15.1. The van der Waals surface area contributed by atoms with Crippen LogP contribution in [0.2, 0.25) is 0 Å². The molecule has 0 amide bonds. The minimum absolute atomic E-state index is 0.340. The topological polar surface area (TPSA) is 24.9 Å². The third-order valence-corrected chi connectivity index (χ3v) is 3.08. The zero-order valence-corrected chi connectivity index (χ0v) is 11.3. The van der Waals surface area contributed by atoms with Crippen molar-refractivity contribution in [2.75, 3.05) is 0 Å². The number of hydrogen-bond acceptors (Lipinski definition) is 2. The minimum atomic E-state index is 0.340. The summed E-state index contributed by atoms with van der Waals surface area (Å²) in [5.74, 6) is 0. The molecule has 0 bridgehead atoms. The lowest BCUT2D eigenvalue weighted by Crippen LogP contribution is -2.18. The molecule has 0 saturated carbocycles. The van der Waals surface area contributed by atoms with Crippen molar-refractivity contribution in [1.82, 2.24) is 10.3 Å². The van der Waals surface area contributed by atoms with E-state index in [0.717, 1.165) is 17.9 Å². The summed E-state index contributed by atoms with van der Waals surface area (Å²) in [6.07, 6.45) is 0. The van der Waals surface area contributed by atoms with E-state index in [1.807, 2.05) is 13.0 Å². The summed E-state index contributed by atoms with van der Waals surface area (Å²) >= 11 is 0. The largest absolute Gasteiger partial charge is 0.305 e. The second kappa shape index (κ2) is 5.78. The van der Waals surface area contributed by atoms with Crippen molar-refractivity contribution in [2.45, 2.75) is 33.4 Å². The molecule has 1 N–H and O–H groups in total. The van der Waals surface area contributed by atoms with E-state index in [4.69, 9.17) is 0 Å². The van der Waals surface area contributed by atoms with Crippen LogP contribution in [0, 0.1) is 13.8 Å². The van der Waals surface area contributed by atoms with Gasteiger partial charge in [-0.2, -0.15) is 0 Å². The van der Waals surface area contributed by atoms with Crippen LogP contribution < -0.4 is 5.32 Å². The molecular weight excluding hydrogens is 220 g/mol. The number of pyridine rings is 1. The zero-order valence-electron chi connectivity index (χ0n) is 11.3.